The van der Waals surface area contributed by atoms with Crippen LogP contribution >= 0.6 is 0 Å². The highest BCUT2D eigenvalue weighted by Gasteiger charge is 2.40. The number of nitrogens with two attached hydrogens (primary N) is 1. The van der Waals surface area contributed by atoms with Crippen molar-refractivity contribution in [2.45, 2.75) is 57.3 Å². The van der Waals surface area contributed by atoms with E-state index in [4.69, 9.17) is 20.2 Å². The number of carbonyl (C=O) groups excluding carboxylic acids is 3. The number of amides is 3. The van der Waals surface area contributed by atoms with Crippen molar-refractivity contribution < 1.29 is 23.9 Å². The van der Waals surface area contributed by atoms with E-state index >= 15 is 0 Å². The summed E-state index contributed by atoms with van der Waals surface area (Å²) in [6.45, 7) is 4.11. The van der Waals surface area contributed by atoms with Gasteiger partial charge in [-0.1, -0.05) is 0 Å². The Kier molecular flexibility index (Phi) is 5.88. The molecule has 1 saturated carbocycles. The fourth-order valence-corrected chi connectivity index (χ4v) is 5.92. The number of rotatable bonds is 7. The van der Waals surface area contributed by atoms with Gasteiger partial charge in [-0.25, -0.2) is 9.50 Å². The highest BCUT2D eigenvalue weighted by atomic mass is 16.5. The zero-order valence-corrected chi connectivity index (χ0v) is 22.2. The van der Waals surface area contributed by atoms with Crippen LogP contribution < -0.4 is 21.1 Å². The van der Waals surface area contributed by atoms with Crippen molar-refractivity contribution in [1.29, 1.82) is 0 Å². The van der Waals surface area contributed by atoms with Crippen LogP contribution in [-0.4, -0.2) is 75.2 Å². The quantitative estimate of drug-likeness (QED) is 0.404. The maximum Gasteiger partial charge on any atom is 0.259 e. The van der Waals surface area contributed by atoms with Crippen LogP contribution in [0.4, 0.5) is 5.82 Å². The Labute approximate surface area is 230 Å². The van der Waals surface area contributed by atoms with Crippen LogP contribution in [0.3, 0.4) is 0 Å². The number of ether oxygens (including phenoxy) is 2. The van der Waals surface area contributed by atoms with Gasteiger partial charge in [-0.15, -0.1) is 5.10 Å². The first-order valence-corrected chi connectivity index (χ1v) is 13.8. The van der Waals surface area contributed by atoms with Crippen LogP contribution in [0.25, 0.3) is 16.9 Å². The second kappa shape index (κ2) is 9.47. The Bertz CT molecular complexity index is 1540. The van der Waals surface area contributed by atoms with Gasteiger partial charge in [-0.3, -0.25) is 14.4 Å². The summed E-state index contributed by atoms with van der Waals surface area (Å²) in [6, 6.07) is 5.48. The van der Waals surface area contributed by atoms with E-state index < -0.39 is 5.91 Å². The topological polar surface area (TPSA) is 153 Å². The maximum absolute atomic E-state index is 13.6. The van der Waals surface area contributed by atoms with Gasteiger partial charge >= 0.3 is 0 Å². The largest absolute Gasteiger partial charge is 0.487 e. The third-order valence-corrected chi connectivity index (χ3v) is 8.32. The average molecular weight is 546 g/mol. The Morgan fingerprint density at radius 1 is 1.27 bits per heavy atom. The van der Waals surface area contributed by atoms with Gasteiger partial charge in [0, 0.05) is 43.7 Å². The Hall–Kier alpha value is -4.19. The van der Waals surface area contributed by atoms with Gasteiger partial charge in [0.1, 0.15) is 17.4 Å². The molecule has 3 atom stereocenters. The average Bonchev–Trinajstić information content (AvgIpc) is 3.19. The van der Waals surface area contributed by atoms with Crippen LogP contribution in [0.1, 0.15) is 58.9 Å². The highest BCUT2D eigenvalue weighted by Crippen LogP contribution is 2.42. The van der Waals surface area contributed by atoms with Crippen LogP contribution in [0.2, 0.25) is 0 Å². The van der Waals surface area contributed by atoms with E-state index in [1.54, 1.807) is 12.3 Å². The first kappa shape index (κ1) is 24.8. The number of carbonyl (C=O) groups is 3. The number of nitrogens with one attached hydrogen (secondary N) is 2. The van der Waals surface area contributed by atoms with E-state index in [0.29, 0.717) is 54.9 Å². The molecule has 208 valence electrons. The van der Waals surface area contributed by atoms with E-state index in [1.807, 2.05) is 17.0 Å². The van der Waals surface area contributed by atoms with Gasteiger partial charge in [-0.05, 0) is 49.4 Å². The second-order valence-corrected chi connectivity index (χ2v) is 11.1. The molecule has 0 spiro atoms. The van der Waals surface area contributed by atoms with E-state index in [1.165, 1.54) is 4.52 Å². The zero-order chi connectivity index (χ0) is 27.5. The van der Waals surface area contributed by atoms with Gasteiger partial charge in [0.15, 0.2) is 11.5 Å². The van der Waals surface area contributed by atoms with Crippen molar-refractivity contribution >= 4 is 29.2 Å². The SMILES string of the molecule is C[C@@H](C1CC1)N1Cc2cc(-c3ccn4nc(N)c(C(=O)N[C@H]5CNC(=O)C5)c4n3)cc(O[C@@H]3CCOC3)c2C1=O. The Morgan fingerprint density at radius 2 is 2.12 bits per heavy atom. The van der Waals surface area contributed by atoms with E-state index in [9.17, 15) is 14.4 Å². The first-order valence-electron chi connectivity index (χ1n) is 13.8. The van der Waals surface area contributed by atoms with Crippen LogP contribution in [0.15, 0.2) is 24.4 Å². The van der Waals surface area contributed by atoms with Gasteiger partial charge in [-0.2, -0.15) is 0 Å². The molecule has 12 heteroatoms. The molecule has 2 aromatic heterocycles. The van der Waals surface area contributed by atoms with E-state index in [-0.39, 0.29) is 47.8 Å². The molecule has 3 aromatic rings. The van der Waals surface area contributed by atoms with Gasteiger partial charge in [0.25, 0.3) is 11.8 Å². The molecule has 12 nitrogen and oxygen atoms in total. The third kappa shape index (κ3) is 4.32. The lowest BCUT2D eigenvalue weighted by molar-refractivity contribution is -0.119. The summed E-state index contributed by atoms with van der Waals surface area (Å²) in [7, 11) is 0. The standard InChI is InChI=1S/C28H31N7O5/c1-14(15-2-3-15)34-12-17-8-16(9-21(23(17)28(34)38)40-19-5-7-39-13-19)20-4-6-35-26(32-20)24(25(29)33-35)27(37)31-18-10-22(36)30-11-18/h4,6,8-9,14-15,18-19H,2-3,5,7,10-13H2,1H3,(H2,29,33)(H,30,36)(H,31,37)/t14-,18+,19+/m0/s1. The van der Waals surface area contributed by atoms with Gasteiger partial charge in [0.05, 0.1) is 30.5 Å². The molecule has 0 unspecified atom stereocenters. The van der Waals surface area contributed by atoms with Crippen molar-refractivity contribution in [1.82, 2.24) is 30.1 Å². The lowest BCUT2D eigenvalue weighted by atomic mass is 10.0. The number of fused-ring (bicyclic) bond motifs is 2. The van der Waals surface area contributed by atoms with Crippen LogP contribution in [-0.2, 0) is 16.1 Å². The number of nitrogens with zero attached hydrogens (tertiary/aromatic N) is 4. The smallest absolute Gasteiger partial charge is 0.259 e. The predicted octanol–water partition coefficient (Wildman–Crippen LogP) is 1.52. The van der Waals surface area contributed by atoms with Crippen molar-refractivity contribution in [3.63, 3.8) is 0 Å². The van der Waals surface area contributed by atoms with Crippen molar-refractivity contribution in [2.24, 2.45) is 5.92 Å². The summed E-state index contributed by atoms with van der Waals surface area (Å²) in [6.07, 6.45) is 4.85. The molecular weight excluding hydrogens is 514 g/mol. The molecule has 3 aliphatic heterocycles. The summed E-state index contributed by atoms with van der Waals surface area (Å²) in [5, 5.41) is 9.82. The predicted molar refractivity (Wildman–Crippen MR) is 144 cm³/mol. The third-order valence-electron chi connectivity index (χ3n) is 8.32. The molecule has 7 rings (SSSR count). The number of nitrogen functional groups attached to an aromatic ring is 1. The molecule has 0 bridgehead atoms. The monoisotopic (exact) mass is 545 g/mol. The minimum absolute atomic E-state index is 0.000631. The highest BCUT2D eigenvalue weighted by molar-refractivity contribution is 6.05. The number of anilines is 1. The molecule has 1 aromatic carbocycles. The minimum atomic E-state index is -0.437. The minimum Gasteiger partial charge on any atom is -0.487 e. The van der Waals surface area contributed by atoms with Crippen LogP contribution in [0.5, 0.6) is 5.75 Å². The molecular formula is C28H31N7O5. The number of benzene rings is 1. The summed E-state index contributed by atoms with van der Waals surface area (Å²) >= 11 is 0. The van der Waals surface area contributed by atoms with Gasteiger partial charge in [0.2, 0.25) is 5.91 Å². The van der Waals surface area contributed by atoms with Gasteiger partial charge < -0.3 is 30.7 Å². The number of aromatic nitrogens is 3. The molecule has 0 radical (unpaired) electrons. The van der Waals surface area contributed by atoms with E-state index in [0.717, 1.165) is 30.4 Å². The molecule has 4 aliphatic rings. The molecule has 3 fully saturated rings. The fourth-order valence-electron chi connectivity index (χ4n) is 5.92. The number of hydrogen-bond donors (Lipinski definition) is 3. The summed E-state index contributed by atoms with van der Waals surface area (Å²) in [4.78, 5) is 45.0. The normalized spacial score (nSPS) is 23.0. The summed E-state index contributed by atoms with van der Waals surface area (Å²) in [5.74, 6) is 0.581. The van der Waals surface area contributed by atoms with Crippen molar-refractivity contribution in [2.75, 3.05) is 25.5 Å². The van der Waals surface area contributed by atoms with Crippen molar-refractivity contribution in [3.05, 3.63) is 41.1 Å². The lowest BCUT2D eigenvalue weighted by Gasteiger charge is -2.24. The Balaban J connectivity index is 1.26. The summed E-state index contributed by atoms with van der Waals surface area (Å²) < 4.78 is 13.3. The fraction of sp³-hybridized carbons (Fsp3) is 0.464. The lowest BCUT2D eigenvalue weighted by Crippen LogP contribution is -2.36. The zero-order valence-electron chi connectivity index (χ0n) is 22.2. The van der Waals surface area contributed by atoms with E-state index in [2.05, 4.69) is 22.7 Å². The molecule has 4 N–H and O–H groups in total. The Morgan fingerprint density at radius 3 is 2.85 bits per heavy atom. The molecule has 3 amide bonds. The summed E-state index contributed by atoms with van der Waals surface area (Å²) in [5.41, 5.74) is 9.45. The first-order chi connectivity index (χ1) is 19.4. The molecule has 1 aliphatic carbocycles. The molecule has 40 heavy (non-hydrogen) atoms. The van der Waals surface area contributed by atoms with Crippen molar-refractivity contribution in [3.8, 4) is 17.0 Å². The molecule has 5 heterocycles. The molecule has 2 saturated heterocycles. The van der Waals surface area contributed by atoms with Crippen LogP contribution in [0, 0.1) is 5.92 Å². The maximum atomic E-state index is 13.6. The number of hydrogen-bond acceptors (Lipinski definition) is 8. The second-order valence-electron chi connectivity index (χ2n) is 11.1.